The van der Waals surface area contributed by atoms with Gasteiger partial charge >= 0.3 is 5.97 Å². The smallest absolute Gasteiger partial charge is 0.356 e. The Labute approximate surface area is 114 Å². The van der Waals surface area contributed by atoms with Crippen molar-refractivity contribution in [1.29, 1.82) is 0 Å². The van der Waals surface area contributed by atoms with Crippen molar-refractivity contribution in [1.82, 2.24) is 0 Å². The molecule has 0 saturated heterocycles. The van der Waals surface area contributed by atoms with Gasteiger partial charge in [0.05, 0.1) is 6.10 Å². The summed E-state index contributed by atoms with van der Waals surface area (Å²) in [5.74, 6) is -0.553. The largest absolute Gasteiger partial charge is 0.458 e. The summed E-state index contributed by atoms with van der Waals surface area (Å²) in [6, 6.07) is 6.16. The average Bonchev–Trinajstić information content (AvgIpc) is 2.31. The van der Waals surface area contributed by atoms with E-state index in [0.717, 1.165) is 5.56 Å². The molecular weight excluding hydrogens is 242 g/mol. The number of rotatable bonds is 5. The fraction of sp³-hybridized carbons (Fsp3) is 0.467. The molecule has 0 saturated carbocycles. The SMILES string of the molecule is Cc1ccc(CCC(=NO)C(=O)OC(C)C)c(C)c1. The summed E-state index contributed by atoms with van der Waals surface area (Å²) < 4.78 is 5.01. The van der Waals surface area contributed by atoms with Crippen LogP contribution in [0.4, 0.5) is 0 Å². The van der Waals surface area contributed by atoms with Crippen molar-refractivity contribution < 1.29 is 14.7 Å². The van der Waals surface area contributed by atoms with E-state index in [1.807, 2.05) is 26.0 Å². The average molecular weight is 263 g/mol. The van der Waals surface area contributed by atoms with Gasteiger partial charge in [0.25, 0.3) is 0 Å². The molecule has 1 aromatic carbocycles. The molecular formula is C15H21NO3. The molecule has 0 aliphatic carbocycles. The van der Waals surface area contributed by atoms with Gasteiger partial charge < -0.3 is 9.94 Å². The van der Waals surface area contributed by atoms with Gasteiger partial charge in [-0.15, -0.1) is 0 Å². The Morgan fingerprint density at radius 1 is 1.37 bits per heavy atom. The van der Waals surface area contributed by atoms with Crippen LogP contribution in [0.5, 0.6) is 0 Å². The lowest BCUT2D eigenvalue weighted by Crippen LogP contribution is -2.22. The summed E-state index contributed by atoms with van der Waals surface area (Å²) in [5.41, 5.74) is 3.59. The van der Waals surface area contributed by atoms with Crippen LogP contribution in [0.3, 0.4) is 0 Å². The van der Waals surface area contributed by atoms with Gasteiger partial charge in [-0.1, -0.05) is 28.9 Å². The number of oxime groups is 1. The first kappa shape index (κ1) is 15.2. The molecule has 0 unspecified atom stereocenters. The Morgan fingerprint density at radius 3 is 2.58 bits per heavy atom. The standard InChI is InChI=1S/C15H21NO3/c1-10(2)19-15(17)14(16-18)8-7-13-6-5-11(3)9-12(13)4/h5-6,9-10,18H,7-8H2,1-4H3. The van der Waals surface area contributed by atoms with Gasteiger partial charge in [0.2, 0.25) is 0 Å². The summed E-state index contributed by atoms with van der Waals surface area (Å²) in [5, 5.41) is 11.9. The van der Waals surface area contributed by atoms with Crippen LogP contribution in [0.15, 0.2) is 23.4 Å². The predicted molar refractivity (Wildman–Crippen MR) is 74.7 cm³/mol. The van der Waals surface area contributed by atoms with E-state index in [-0.39, 0.29) is 11.8 Å². The van der Waals surface area contributed by atoms with Gasteiger partial charge in [-0.05, 0) is 45.2 Å². The van der Waals surface area contributed by atoms with Gasteiger partial charge in [-0.2, -0.15) is 0 Å². The molecule has 4 nitrogen and oxygen atoms in total. The summed E-state index contributed by atoms with van der Waals surface area (Å²) in [6.45, 7) is 7.59. The first-order valence-electron chi connectivity index (χ1n) is 6.42. The molecule has 0 aliphatic heterocycles. The molecule has 1 N–H and O–H groups in total. The van der Waals surface area contributed by atoms with E-state index in [4.69, 9.17) is 9.94 Å². The Kier molecular flexibility index (Phi) is 5.55. The van der Waals surface area contributed by atoms with Gasteiger partial charge in [0.1, 0.15) is 0 Å². The molecule has 0 fully saturated rings. The van der Waals surface area contributed by atoms with E-state index in [0.29, 0.717) is 12.8 Å². The minimum atomic E-state index is -0.553. The number of carbonyl (C=O) groups is 1. The number of ether oxygens (including phenoxy) is 1. The van der Waals surface area contributed by atoms with Crippen molar-refractivity contribution in [2.24, 2.45) is 5.16 Å². The highest BCUT2D eigenvalue weighted by Gasteiger charge is 2.15. The third-order valence-electron chi connectivity index (χ3n) is 2.83. The minimum Gasteiger partial charge on any atom is -0.458 e. The second-order valence-electron chi connectivity index (χ2n) is 4.93. The second kappa shape index (κ2) is 6.92. The number of benzene rings is 1. The Balaban J connectivity index is 2.66. The lowest BCUT2D eigenvalue weighted by atomic mass is 10.0. The van der Waals surface area contributed by atoms with Crippen molar-refractivity contribution in [3.8, 4) is 0 Å². The van der Waals surface area contributed by atoms with Crippen LogP contribution >= 0.6 is 0 Å². The van der Waals surface area contributed by atoms with Crippen molar-refractivity contribution in [2.75, 3.05) is 0 Å². The number of hydrogen-bond acceptors (Lipinski definition) is 4. The van der Waals surface area contributed by atoms with Crippen molar-refractivity contribution in [2.45, 2.75) is 46.6 Å². The zero-order chi connectivity index (χ0) is 14.4. The van der Waals surface area contributed by atoms with Crippen LogP contribution in [0.25, 0.3) is 0 Å². The first-order chi connectivity index (χ1) is 8.93. The number of nitrogens with zero attached hydrogens (tertiary/aromatic N) is 1. The predicted octanol–water partition coefficient (Wildman–Crippen LogP) is 3.02. The van der Waals surface area contributed by atoms with Gasteiger partial charge in [0.15, 0.2) is 5.71 Å². The van der Waals surface area contributed by atoms with Crippen LogP contribution < -0.4 is 0 Å². The molecule has 19 heavy (non-hydrogen) atoms. The third kappa shape index (κ3) is 4.73. The quantitative estimate of drug-likeness (QED) is 0.384. The normalized spacial score (nSPS) is 11.7. The fourth-order valence-electron chi connectivity index (χ4n) is 1.85. The molecule has 1 rings (SSSR count). The Hall–Kier alpha value is -1.84. The van der Waals surface area contributed by atoms with Gasteiger partial charge in [-0.25, -0.2) is 4.79 Å². The van der Waals surface area contributed by atoms with E-state index in [9.17, 15) is 4.79 Å². The fourth-order valence-corrected chi connectivity index (χ4v) is 1.85. The third-order valence-corrected chi connectivity index (χ3v) is 2.83. The molecule has 4 heteroatoms. The van der Waals surface area contributed by atoms with Crippen molar-refractivity contribution >= 4 is 11.7 Å². The maximum absolute atomic E-state index is 11.6. The highest BCUT2D eigenvalue weighted by atomic mass is 16.5. The molecule has 0 amide bonds. The summed E-state index contributed by atoms with van der Waals surface area (Å²) in [6.07, 6.45) is 0.801. The lowest BCUT2D eigenvalue weighted by Gasteiger charge is -2.10. The van der Waals surface area contributed by atoms with Crippen molar-refractivity contribution in [3.63, 3.8) is 0 Å². The van der Waals surface area contributed by atoms with E-state index in [1.54, 1.807) is 13.8 Å². The monoisotopic (exact) mass is 263 g/mol. The van der Waals surface area contributed by atoms with Crippen molar-refractivity contribution in [3.05, 3.63) is 34.9 Å². The molecule has 0 bridgehead atoms. The molecule has 0 spiro atoms. The van der Waals surface area contributed by atoms with Crippen LogP contribution in [-0.2, 0) is 16.0 Å². The molecule has 0 radical (unpaired) electrons. The molecule has 0 aliphatic rings. The highest BCUT2D eigenvalue weighted by Crippen LogP contribution is 2.13. The molecule has 0 heterocycles. The van der Waals surface area contributed by atoms with Gasteiger partial charge in [-0.3, -0.25) is 0 Å². The van der Waals surface area contributed by atoms with Crippen LogP contribution in [-0.4, -0.2) is 23.0 Å². The van der Waals surface area contributed by atoms with E-state index in [1.165, 1.54) is 11.1 Å². The van der Waals surface area contributed by atoms with Crippen LogP contribution in [0, 0.1) is 13.8 Å². The zero-order valence-corrected chi connectivity index (χ0v) is 11.9. The highest BCUT2D eigenvalue weighted by molar-refractivity contribution is 6.36. The number of hydrogen-bond donors (Lipinski definition) is 1. The van der Waals surface area contributed by atoms with Crippen LogP contribution in [0.1, 0.15) is 37.0 Å². The second-order valence-corrected chi connectivity index (χ2v) is 4.93. The Bertz CT molecular complexity index is 478. The number of carbonyl (C=O) groups excluding carboxylic acids is 1. The maximum atomic E-state index is 11.6. The van der Waals surface area contributed by atoms with E-state index < -0.39 is 5.97 Å². The first-order valence-corrected chi connectivity index (χ1v) is 6.42. The molecule has 104 valence electrons. The number of aryl methyl sites for hydroxylation is 3. The minimum absolute atomic E-state index is 0.0636. The summed E-state index contributed by atoms with van der Waals surface area (Å²) in [7, 11) is 0. The van der Waals surface area contributed by atoms with E-state index >= 15 is 0 Å². The Morgan fingerprint density at radius 2 is 2.05 bits per heavy atom. The zero-order valence-electron chi connectivity index (χ0n) is 11.9. The summed E-state index contributed by atoms with van der Waals surface area (Å²) in [4.78, 5) is 11.6. The maximum Gasteiger partial charge on any atom is 0.356 e. The molecule has 1 aromatic rings. The topological polar surface area (TPSA) is 58.9 Å². The summed E-state index contributed by atoms with van der Waals surface area (Å²) >= 11 is 0. The molecule has 0 aromatic heterocycles. The number of esters is 1. The lowest BCUT2D eigenvalue weighted by molar-refractivity contribution is -0.139. The van der Waals surface area contributed by atoms with Crippen LogP contribution in [0.2, 0.25) is 0 Å². The van der Waals surface area contributed by atoms with E-state index in [2.05, 4.69) is 11.2 Å². The molecule has 0 atom stereocenters. The van der Waals surface area contributed by atoms with Gasteiger partial charge in [0, 0.05) is 6.42 Å².